The Labute approximate surface area is 187 Å². The van der Waals surface area contributed by atoms with E-state index in [-0.39, 0.29) is 12.1 Å². The van der Waals surface area contributed by atoms with Crippen LogP contribution in [0.25, 0.3) is 5.70 Å². The van der Waals surface area contributed by atoms with Crippen molar-refractivity contribution in [3.8, 4) is 5.75 Å². The van der Waals surface area contributed by atoms with Gasteiger partial charge in [-0.25, -0.2) is 10.6 Å². The quantitative estimate of drug-likeness (QED) is 0.441. The molecule has 7 nitrogen and oxygen atoms in total. The lowest BCUT2D eigenvalue weighted by Gasteiger charge is -2.35. The van der Waals surface area contributed by atoms with Crippen LogP contribution in [0.5, 0.6) is 5.75 Å². The molecule has 0 spiro atoms. The molecule has 4 N–H and O–H groups in total. The molecule has 0 aliphatic heterocycles. The Kier molecular flexibility index (Phi) is 9.04. The van der Waals surface area contributed by atoms with E-state index in [9.17, 15) is 4.79 Å². The maximum atomic E-state index is 12.5. The molecule has 7 heteroatoms. The minimum atomic E-state index is -0.401. The number of nitrogens with two attached hydrogens (primary N) is 2. The first-order valence-corrected chi connectivity index (χ1v) is 11.3. The Morgan fingerprint density at radius 3 is 2.29 bits per heavy atom. The first kappa shape index (κ1) is 24.9. The smallest absolute Gasteiger partial charge is 0.410 e. The highest BCUT2D eigenvalue weighted by Gasteiger charge is 2.28. The summed E-state index contributed by atoms with van der Waals surface area (Å²) in [4.78, 5) is 14.2. The molecule has 174 valence electrons. The zero-order valence-electron chi connectivity index (χ0n) is 19.8. The van der Waals surface area contributed by atoms with E-state index in [1.165, 1.54) is 24.3 Å². The van der Waals surface area contributed by atoms with E-state index in [1.54, 1.807) is 19.0 Å². The van der Waals surface area contributed by atoms with Gasteiger partial charge < -0.3 is 25.1 Å². The van der Waals surface area contributed by atoms with Crippen molar-refractivity contribution in [3.63, 3.8) is 0 Å². The van der Waals surface area contributed by atoms with Gasteiger partial charge in [-0.2, -0.15) is 0 Å². The largest absolute Gasteiger partial charge is 0.490 e. The maximum absolute atomic E-state index is 12.5. The highest BCUT2D eigenvalue weighted by molar-refractivity contribution is 5.70. The van der Waals surface area contributed by atoms with Gasteiger partial charge in [0.05, 0.1) is 17.5 Å². The highest BCUT2D eigenvalue weighted by atomic mass is 16.6. The Morgan fingerprint density at radius 2 is 1.74 bits per heavy atom. The summed E-state index contributed by atoms with van der Waals surface area (Å²) < 4.78 is 11.6. The normalized spacial score (nSPS) is 15.8. The molecular weight excluding hydrogens is 392 g/mol. The van der Waals surface area contributed by atoms with Crippen LogP contribution in [0, 0.1) is 0 Å². The number of carbonyl (C=O) groups is 1. The fourth-order valence-corrected chi connectivity index (χ4v) is 3.88. The molecule has 1 amide bonds. The second-order valence-electron chi connectivity index (χ2n) is 9.05. The molecular formula is C24H40N4O3. The number of amides is 1. The van der Waals surface area contributed by atoms with Crippen molar-refractivity contribution in [2.75, 3.05) is 20.7 Å². The van der Waals surface area contributed by atoms with E-state index >= 15 is 0 Å². The lowest BCUT2D eigenvalue weighted by Crippen LogP contribution is -2.45. The van der Waals surface area contributed by atoms with E-state index in [0.29, 0.717) is 17.5 Å². The number of likely N-dealkylation sites (N-methyl/N-ethyl adjacent to an activating group) is 1. The Hall–Kier alpha value is -2.41. The number of rotatable bonds is 9. The van der Waals surface area contributed by atoms with E-state index in [2.05, 4.69) is 6.92 Å². The van der Waals surface area contributed by atoms with Crippen LogP contribution in [0.4, 0.5) is 4.79 Å². The summed E-state index contributed by atoms with van der Waals surface area (Å²) in [7, 11) is 3.43. The lowest BCUT2D eigenvalue weighted by atomic mass is 9.98. The molecule has 2 rings (SSSR count). The van der Waals surface area contributed by atoms with Crippen molar-refractivity contribution >= 4 is 11.8 Å². The summed E-state index contributed by atoms with van der Waals surface area (Å²) in [5, 5.41) is 1.40. The number of carbonyl (C=O) groups excluding carboxylic acids is 1. The van der Waals surface area contributed by atoms with Gasteiger partial charge >= 0.3 is 6.09 Å². The van der Waals surface area contributed by atoms with Crippen LogP contribution in [0.2, 0.25) is 0 Å². The Bertz CT molecular complexity index is 738. The monoisotopic (exact) mass is 432 g/mol. The fourth-order valence-electron chi connectivity index (χ4n) is 3.88. The van der Waals surface area contributed by atoms with Crippen molar-refractivity contribution < 1.29 is 14.3 Å². The average Bonchev–Trinajstić information content (AvgIpc) is 2.74. The molecule has 1 fully saturated rings. The molecule has 1 aliphatic carbocycles. The average molecular weight is 433 g/mol. The first-order valence-electron chi connectivity index (χ1n) is 11.3. The topological polar surface area (TPSA) is 94.0 Å². The SMILES string of the molecule is CCCC(C)(C)N(C)C(=O)OC/C(=C(/N)c1ccc(OC2CCCCC2)cc1)N(C)N. The van der Waals surface area contributed by atoms with E-state index in [0.717, 1.165) is 37.0 Å². The zero-order chi connectivity index (χ0) is 23.0. The third kappa shape index (κ3) is 7.06. The van der Waals surface area contributed by atoms with Gasteiger partial charge in [-0.15, -0.1) is 0 Å². The number of nitrogens with zero attached hydrogens (tertiary/aromatic N) is 2. The summed E-state index contributed by atoms with van der Waals surface area (Å²) in [6, 6.07) is 7.68. The second kappa shape index (κ2) is 11.3. The van der Waals surface area contributed by atoms with Crippen LogP contribution >= 0.6 is 0 Å². The summed E-state index contributed by atoms with van der Waals surface area (Å²) in [6.45, 7) is 6.13. The van der Waals surface area contributed by atoms with Crippen LogP contribution in [-0.2, 0) is 4.74 Å². The maximum Gasteiger partial charge on any atom is 0.410 e. The molecule has 0 saturated heterocycles. The predicted octanol–water partition coefficient (Wildman–Crippen LogP) is 4.48. The van der Waals surface area contributed by atoms with Gasteiger partial charge in [-0.3, -0.25) is 0 Å². The first-order chi connectivity index (χ1) is 14.7. The standard InChI is InChI=1S/C24H40N4O3/c1-6-16-24(2,3)27(4)23(29)30-17-21(28(5)26)22(25)18-12-14-20(15-13-18)31-19-10-8-7-9-11-19/h12-15,19H,6-11,16-17,25-26H2,1-5H3/b22-21-. The van der Waals surface area contributed by atoms with Crippen LogP contribution < -0.4 is 16.3 Å². The third-order valence-corrected chi connectivity index (χ3v) is 6.13. The minimum absolute atomic E-state index is 0.00939. The summed E-state index contributed by atoms with van der Waals surface area (Å²) >= 11 is 0. The van der Waals surface area contributed by atoms with Gasteiger partial charge in [-0.1, -0.05) is 19.8 Å². The highest BCUT2D eigenvalue weighted by Crippen LogP contribution is 2.25. The van der Waals surface area contributed by atoms with Gasteiger partial charge in [0.2, 0.25) is 0 Å². The molecule has 1 aromatic rings. The van der Waals surface area contributed by atoms with Crippen molar-refractivity contribution in [1.29, 1.82) is 0 Å². The van der Waals surface area contributed by atoms with Crippen LogP contribution in [0.3, 0.4) is 0 Å². The molecule has 0 bridgehead atoms. The fraction of sp³-hybridized carbons (Fsp3) is 0.625. The van der Waals surface area contributed by atoms with E-state index < -0.39 is 6.09 Å². The Morgan fingerprint density at radius 1 is 1.13 bits per heavy atom. The van der Waals surface area contributed by atoms with E-state index in [4.69, 9.17) is 21.1 Å². The molecule has 1 aliphatic rings. The van der Waals surface area contributed by atoms with Gasteiger partial charge in [0.15, 0.2) is 0 Å². The number of ether oxygens (including phenoxy) is 2. The Balaban J connectivity index is 2.06. The molecule has 1 aromatic carbocycles. The van der Waals surface area contributed by atoms with Crippen LogP contribution in [-0.4, -0.2) is 48.3 Å². The summed E-state index contributed by atoms with van der Waals surface area (Å²) in [6.07, 6.45) is 7.74. The molecule has 0 unspecified atom stereocenters. The number of hydrazine groups is 1. The van der Waals surface area contributed by atoms with Crippen LogP contribution in [0.15, 0.2) is 30.0 Å². The summed E-state index contributed by atoms with van der Waals surface area (Å²) in [5.74, 6) is 6.83. The van der Waals surface area contributed by atoms with Crippen molar-refractivity contribution in [3.05, 3.63) is 35.5 Å². The van der Waals surface area contributed by atoms with Crippen molar-refractivity contribution in [2.45, 2.75) is 77.4 Å². The lowest BCUT2D eigenvalue weighted by molar-refractivity contribution is 0.0746. The molecule has 31 heavy (non-hydrogen) atoms. The van der Waals surface area contributed by atoms with Gasteiger partial charge in [-0.05, 0) is 75.8 Å². The van der Waals surface area contributed by atoms with Crippen molar-refractivity contribution in [1.82, 2.24) is 9.91 Å². The van der Waals surface area contributed by atoms with E-state index in [1.807, 2.05) is 38.1 Å². The van der Waals surface area contributed by atoms with Gasteiger partial charge in [0, 0.05) is 19.6 Å². The summed E-state index contributed by atoms with van der Waals surface area (Å²) in [5.41, 5.74) is 7.91. The predicted molar refractivity (Wildman–Crippen MR) is 125 cm³/mol. The number of hydrogen-bond acceptors (Lipinski definition) is 6. The molecule has 0 heterocycles. The van der Waals surface area contributed by atoms with Gasteiger partial charge in [0.1, 0.15) is 12.4 Å². The second-order valence-corrected chi connectivity index (χ2v) is 9.05. The zero-order valence-corrected chi connectivity index (χ0v) is 19.8. The molecule has 0 radical (unpaired) electrons. The number of benzene rings is 1. The van der Waals surface area contributed by atoms with Crippen LogP contribution in [0.1, 0.15) is 71.3 Å². The molecule has 0 aromatic heterocycles. The number of hydrogen-bond donors (Lipinski definition) is 2. The van der Waals surface area contributed by atoms with Gasteiger partial charge in [0.25, 0.3) is 0 Å². The molecule has 0 atom stereocenters. The molecule has 1 saturated carbocycles. The van der Waals surface area contributed by atoms with Crippen molar-refractivity contribution in [2.24, 2.45) is 11.6 Å². The third-order valence-electron chi connectivity index (χ3n) is 6.13. The minimum Gasteiger partial charge on any atom is -0.490 e.